The van der Waals surface area contributed by atoms with Gasteiger partial charge in [-0.2, -0.15) is 4.98 Å². The van der Waals surface area contributed by atoms with E-state index in [-0.39, 0.29) is 0 Å². The third-order valence-corrected chi connectivity index (χ3v) is 2.34. The highest BCUT2D eigenvalue weighted by atomic mass is 15.2. The Labute approximate surface area is 104 Å². The summed E-state index contributed by atoms with van der Waals surface area (Å²) in [4.78, 5) is 11.0. The number of nitrogens with one attached hydrogen (secondary N) is 1. The van der Waals surface area contributed by atoms with Crippen LogP contribution in [0.15, 0.2) is 6.07 Å². The van der Waals surface area contributed by atoms with Gasteiger partial charge in [0.1, 0.15) is 5.82 Å². The molecule has 1 aromatic rings. The van der Waals surface area contributed by atoms with Crippen LogP contribution in [0.2, 0.25) is 0 Å². The second kappa shape index (κ2) is 6.42. The zero-order chi connectivity index (χ0) is 12.8. The second-order valence-corrected chi connectivity index (χ2v) is 4.96. The van der Waals surface area contributed by atoms with E-state index in [1.54, 1.807) is 0 Å². The lowest BCUT2D eigenvalue weighted by molar-refractivity contribution is 0.634. The van der Waals surface area contributed by atoms with Crippen molar-refractivity contribution in [2.75, 3.05) is 30.9 Å². The molecule has 0 aliphatic heterocycles. The molecule has 0 amide bonds. The lowest BCUT2D eigenvalue weighted by Gasteiger charge is -2.15. The SMILES string of the molecule is CCCNc1cc(CC(C)C)nc(N(C)C)n1. The maximum Gasteiger partial charge on any atom is 0.226 e. The lowest BCUT2D eigenvalue weighted by Crippen LogP contribution is -2.16. The summed E-state index contributed by atoms with van der Waals surface area (Å²) in [6, 6.07) is 2.06. The normalized spacial score (nSPS) is 10.7. The minimum atomic E-state index is 0.610. The van der Waals surface area contributed by atoms with Gasteiger partial charge in [-0.05, 0) is 18.8 Å². The molecule has 96 valence electrons. The number of anilines is 2. The maximum atomic E-state index is 4.56. The number of aromatic nitrogens is 2. The van der Waals surface area contributed by atoms with Crippen molar-refractivity contribution < 1.29 is 0 Å². The molecule has 0 saturated carbocycles. The van der Waals surface area contributed by atoms with Crippen molar-refractivity contribution in [3.8, 4) is 0 Å². The van der Waals surface area contributed by atoms with E-state index in [1.165, 1.54) is 0 Å². The van der Waals surface area contributed by atoms with E-state index in [4.69, 9.17) is 0 Å². The molecule has 0 atom stereocenters. The van der Waals surface area contributed by atoms with Crippen LogP contribution in [0.3, 0.4) is 0 Å². The maximum absolute atomic E-state index is 4.56. The van der Waals surface area contributed by atoms with Crippen LogP contribution in [0.4, 0.5) is 11.8 Å². The molecule has 1 heterocycles. The molecule has 0 bridgehead atoms. The van der Waals surface area contributed by atoms with Crippen molar-refractivity contribution >= 4 is 11.8 Å². The van der Waals surface area contributed by atoms with Gasteiger partial charge < -0.3 is 10.2 Å². The predicted molar refractivity (Wildman–Crippen MR) is 73.7 cm³/mol. The average Bonchev–Trinajstić information content (AvgIpc) is 2.25. The average molecular weight is 236 g/mol. The molecule has 0 aliphatic carbocycles. The van der Waals surface area contributed by atoms with Crippen LogP contribution < -0.4 is 10.2 Å². The zero-order valence-electron chi connectivity index (χ0n) is 11.6. The zero-order valence-corrected chi connectivity index (χ0v) is 11.6. The highest BCUT2D eigenvalue weighted by Gasteiger charge is 2.07. The second-order valence-electron chi connectivity index (χ2n) is 4.96. The van der Waals surface area contributed by atoms with Crippen LogP contribution in [-0.2, 0) is 6.42 Å². The molecule has 0 unspecified atom stereocenters. The number of nitrogens with zero attached hydrogens (tertiary/aromatic N) is 3. The summed E-state index contributed by atoms with van der Waals surface area (Å²) in [5.74, 6) is 2.32. The minimum Gasteiger partial charge on any atom is -0.370 e. The predicted octanol–water partition coefficient (Wildman–Crippen LogP) is 2.56. The quantitative estimate of drug-likeness (QED) is 0.824. The van der Waals surface area contributed by atoms with Crippen molar-refractivity contribution in [1.82, 2.24) is 9.97 Å². The van der Waals surface area contributed by atoms with Crippen LogP contribution >= 0.6 is 0 Å². The molecule has 1 aromatic heterocycles. The van der Waals surface area contributed by atoms with E-state index in [0.717, 1.165) is 36.8 Å². The Balaban J connectivity index is 2.92. The molecule has 0 aromatic carbocycles. The summed E-state index contributed by atoms with van der Waals surface area (Å²) in [5.41, 5.74) is 1.11. The van der Waals surface area contributed by atoms with Gasteiger partial charge in [-0.15, -0.1) is 0 Å². The van der Waals surface area contributed by atoms with Crippen molar-refractivity contribution in [3.63, 3.8) is 0 Å². The molecule has 0 fully saturated rings. The number of rotatable bonds is 6. The van der Waals surface area contributed by atoms with Gasteiger partial charge in [-0.25, -0.2) is 4.98 Å². The van der Waals surface area contributed by atoms with E-state index in [0.29, 0.717) is 5.92 Å². The Hall–Kier alpha value is -1.32. The van der Waals surface area contributed by atoms with Gasteiger partial charge in [0.15, 0.2) is 0 Å². The number of hydrogen-bond donors (Lipinski definition) is 1. The summed E-state index contributed by atoms with van der Waals surface area (Å²) in [5, 5.41) is 3.33. The molecule has 4 nitrogen and oxygen atoms in total. The van der Waals surface area contributed by atoms with Gasteiger partial charge in [-0.3, -0.25) is 0 Å². The fourth-order valence-electron chi connectivity index (χ4n) is 1.55. The third-order valence-electron chi connectivity index (χ3n) is 2.34. The van der Waals surface area contributed by atoms with Gasteiger partial charge in [0.25, 0.3) is 0 Å². The van der Waals surface area contributed by atoms with E-state index < -0.39 is 0 Å². The fraction of sp³-hybridized carbons (Fsp3) is 0.692. The van der Waals surface area contributed by atoms with Crippen LogP contribution in [0.5, 0.6) is 0 Å². The van der Waals surface area contributed by atoms with Crippen molar-refractivity contribution in [2.24, 2.45) is 5.92 Å². The highest BCUT2D eigenvalue weighted by molar-refractivity contribution is 5.43. The summed E-state index contributed by atoms with van der Waals surface area (Å²) in [6.45, 7) is 7.51. The monoisotopic (exact) mass is 236 g/mol. The Morgan fingerprint density at radius 2 is 2.00 bits per heavy atom. The van der Waals surface area contributed by atoms with Gasteiger partial charge in [0.05, 0.1) is 0 Å². The molecule has 17 heavy (non-hydrogen) atoms. The van der Waals surface area contributed by atoms with Gasteiger partial charge >= 0.3 is 0 Å². The summed E-state index contributed by atoms with van der Waals surface area (Å²) in [7, 11) is 3.94. The third kappa shape index (κ3) is 4.59. The van der Waals surface area contributed by atoms with Crippen molar-refractivity contribution in [1.29, 1.82) is 0 Å². The Morgan fingerprint density at radius 3 is 2.53 bits per heavy atom. The molecule has 1 N–H and O–H groups in total. The van der Waals surface area contributed by atoms with E-state index in [2.05, 4.69) is 42.1 Å². The van der Waals surface area contributed by atoms with E-state index in [9.17, 15) is 0 Å². The smallest absolute Gasteiger partial charge is 0.226 e. The molecule has 0 saturated heterocycles. The highest BCUT2D eigenvalue weighted by Crippen LogP contribution is 2.15. The fourth-order valence-corrected chi connectivity index (χ4v) is 1.55. The first-order chi connectivity index (χ1) is 8.02. The number of hydrogen-bond acceptors (Lipinski definition) is 4. The molecule has 4 heteroatoms. The molecule has 1 rings (SSSR count). The van der Waals surface area contributed by atoms with Gasteiger partial charge in [-0.1, -0.05) is 20.8 Å². The van der Waals surface area contributed by atoms with Crippen LogP contribution in [0.25, 0.3) is 0 Å². The van der Waals surface area contributed by atoms with E-state index >= 15 is 0 Å². The Kier molecular flexibility index (Phi) is 5.19. The molecule has 0 aliphatic rings. The first-order valence-electron chi connectivity index (χ1n) is 6.32. The van der Waals surface area contributed by atoms with Crippen LogP contribution in [0.1, 0.15) is 32.9 Å². The molecular formula is C13H24N4. The van der Waals surface area contributed by atoms with Crippen molar-refractivity contribution in [3.05, 3.63) is 11.8 Å². The molecule has 0 spiro atoms. The minimum absolute atomic E-state index is 0.610. The van der Waals surface area contributed by atoms with Crippen molar-refractivity contribution in [2.45, 2.75) is 33.6 Å². The molecular weight excluding hydrogens is 212 g/mol. The lowest BCUT2D eigenvalue weighted by atomic mass is 10.1. The topological polar surface area (TPSA) is 41.1 Å². The van der Waals surface area contributed by atoms with E-state index in [1.807, 2.05) is 19.0 Å². The first kappa shape index (κ1) is 13.7. The van der Waals surface area contributed by atoms with Crippen LogP contribution in [-0.4, -0.2) is 30.6 Å². The summed E-state index contributed by atoms with van der Waals surface area (Å²) >= 11 is 0. The first-order valence-corrected chi connectivity index (χ1v) is 6.32. The largest absolute Gasteiger partial charge is 0.370 e. The summed E-state index contributed by atoms with van der Waals surface area (Å²) < 4.78 is 0. The van der Waals surface area contributed by atoms with Gasteiger partial charge in [0, 0.05) is 32.4 Å². The Bertz CT molecular complexity index is 347. The standard InChI is InChI=1S/C13H24N4/c1-6-7-14-12-9-11(8-10(2)3)15-13(16-12)17(4)5/h9-10H,6-8H2,1-5H3,(H,14,15,16). The van der Waals surface area contributed by atoms with Crippen LogP contribution in [0, 0.1) is 5.92 Å². The Morgan fingerprint density at radius 1 is 1.29 bits per heavy atom. The van der Waals surface area contributed by atoms with Gasteiger partial charge in [0.2, 0.25) is 5.95 Å². The summed E-state index contributed by atoms with van der Waals surface area (Å²) in [6.07, 6.45) is 2.09. The molecule has 0 radical (unpaired) electrons.